The molecule has 1 aromatic rings. The Bertz CT molecular complexity index is 430. The molecule has 0 fully saturated rings. The highest BCUT2D eigenvalue weighted by Gasteiger charge is 2.15. The summed E-state index contributed by atoms with van der Waals surface area (Å²) in [4.78, 5) is 0.131. The Morgan fingerprint density at radius 1 is 1.50 bits per heavy atom. The molecular weight excluding hydrogens is 270 g/mol. The first-order valence-corrected chi connectivity index (χ1v) is 6.11. The van der Waals surface area contributed by atoms with Crippen molar-refractivity contribution in [1.82, 2.24) is 4.72 Å². The SMILES string of the molecule is CNS(=O)(=O)c1cc(CO)ccc1Br. The predicted molar refractivity (Wildman–Crippen MR) is 56.3 cm³/mol. The highest BCUT2D eigenvalue weighted by Crippen LogP contribution is 2.22. The molecule has 0 aliphatic rings. The number of nitrogens with one attached hydrogen (secondary N) is 1. The molecule has 0 bridgehead atoms. The molecule has 0 spiro atoms. The van der Waals surface area contributed by atoms with Gasteiger partial charge < -0.3 is 5.11 Å². The maximum absolute atomic E-state index is 11.5. The fourth-order valence-corrected chi connectivity index (χ4v) is 2.70. The molecular formula is C8H10BrNO3S. The predicted octanol–water partition coefficient (Wildman–Crippen LogP) is 0.849. The summed E-state index contributed by atoms with van der Waals surface area (Å²) in [6.45, 7) is -0.181. The van der Waals surface area contributed by atoms with Crippen LogP contribution in [0.2, 0.25) is 0 Å². The van der Waals surface area contributed by atoms with Crippen LogP contribution in [0.15, 0.2) is 27.6 Å². The number of benzene rings is 1. The molecule has 2 N–H and O–H groups in total. The molecule has 0 aliphatic carbocycles. The molecule has 4 nitrogen and oxygen atoms in total. The Hall–Kier alpha value is -0.430. The first-order valence-electron chi connectivity index (χ1n) is 3.84. The van der Waals surface area contributed by atoms with Crippen LogP contribution >= 0.6 is 15.9 Å². The average Bonchev–Trinajstić information content (AvgIpc) is 2.18. The highest BCUT2D eigenvalue weighted by molar-refractivity contribution is 9.10. The van der Waals surface area contributed by atoms with E-state index in [2.05, 4.69) is 20.7 Å². The number of sulfonamides is 1. The van der Waals surface area contributed by atoms with E-state index in [-0.39, 0.29) is 11.5 Å². The Labute approximate surface area is 91.1 Å². The summed E-state index contributed by atoms with van der Waals surface area (Å²) in [5.74, 6) is 0. The zero-order valence-corrected chi connectivity index (χ0v) is 9.89. The van der Waals surface area contributed by atoms with Gasteiger partial charge in [0, 0.05) is 4.47 Å². The van der Waals surface area contributed by atoms with E-state index in [1.807, 2.05) is 0 Å². The van der Waals surface area contributed by atoms with Crippen LogP contribution < -0.4 is 4.72 Å². The topological polar surface area (TPSA) is 66.4 Å². The van der Waals surface area contributed by atoms with Crippen molar-refractivity contribution in [3.63, 3.8) is 0 Å². The summed E-state index contributed by atoms with van der Waals surface area (Å²) in [7, 11) is -2.13. The smallest absolute Gasteiger partial charge is 0.241 e. The van der Waals surface area contributed by atoms with E-state index in [9.17, 15) is 8.42 Å². The summed E-state index contributed by atoms with van der Waals surface area (Å²) < 4.78 is 25.6. The van der Waals surface area contributed by atoms with Gasteiger partial charge in [-0.25, -0.2) is 13.1 Å². The van der Waals surface area contributed by atoms with Gasteiger partial charge in [-0.15, -0.1) is 0 Å². The number of hydrogen-bond acceptors (Lipinski definition) is 3. The molecule has 6 heteroatoms. The first kappa shape index (κ1) is 11.6. The van der Waals surface area contributed by atoms with Crippen molar-refractivity contribution in [2.45, 2.75) is 11.5 Å². The van der Waals surface area contributed by atoms with Gasteiger partial charge in [0.25, 0.3) is 0 Å². The van der Waals surface area contributed by atoms with Gasteiger partial charge in [0.1, 0.15) is 0 Å². The van der Waals surface area contributed by atoms with Crippen molar-refractivity contribution >= 4 is 26.0 Å². The molecule has 78 valence electrons. The van der Waals surface area contributed by atoms with Gasteiger partial charge >= 0.3 is 0 Å². The number of aliphatic hydroxyl groups excluding tert-OH is 1. The van der Waals surface area contributed by atoms with E-state index in [0.717, 1.165) is 0 Å². The lowest BCUT2D eigenvalue weighted by atomic mass is 10.2. The third-order valence-corrected chi connectivity index (χ3v) is 4.14. The second kappa shape index (κ2) is 4.39. The molecule has 0 saturated carbocycles. The van der Waals surface area contributed by atoms with Crippen LogP contribution in [0.25, 0.3) is 0 Å². The average molecular weight is 280 g/mol. The normalized spacial score (nSPS) is 11.6. The van der Waals surface area contributed by atoms with Gasteiger partial charge in [0.15, 0.2) is 0 Å². The zero-order chi connectivity index (χ0) is 10.8. The van der Waals surface area contributed by atoms with Crippen LogP contribution in [0.4, 0.5) is 0 Å². The number of halogens is 1. The number of aliphatic hydroxyl groups is 1. The zero-order valence-electron chi connectivity index (χ0n) is 7.49. The molecule has 1 aromatic carbocycles. The van der Waals surface area contributed by atoms with Gasteiger partial charge in [-0.2, -0.15) is 0 Å². The maximum atomic E-state index is 11.5. The molecule has 0 amide bonds. The molecule has 0 aliphatic heterocycles. The van der Waals surface area contributed by atoms with Crippen molar-refractivity contribution in [3.8, 4) is 0 Å². The third-order valence-electron chi connectivity index (χ3n) is 1.74. The number of hydrogen-bond donors (Lipinski definition) is 2. The molecule has 1 rings (SSSR count). The molecule has 0 heterocycles. The summed E-state index contributed by atoms with van der Waals surface area (Å²) in [6, 6.07) is 4.67. The van der Waals surface area contributed by atoms with Crippen LogP contribution in [0.1, 0.15) is 5.56 Å². The van der Waals surface area contributed by atoms with Crippen LogP contribution in [-0.2, 0) is 16.6 Å². The summed E-state index contributed by atoms with van der Waals surface area (Å²) >= 11 is 3.14. The minimum Gasteiger partial charge on any atom is -0.392 e. The Balaban J connectivity index is 3.33. The summed E-state index contributed by atoms with van der Waals surface area (Å²) in [5, 5.41) is 8.86. The second-order valence-corrected chi connectivity index (χ2v) is 5.34. The fourth-order valence-electron chi connectivity index (χ4n) is 0.962. The van der Waals surface area contributed by atoms with Crippen molar-refractivity contribution in [3.05, 3.63) is 28.2 Å². The van der Waals surface area contributed by atoms with Crippen LogP contribution in [0, 0.1) is 0 Å². The Kier molecular flexibility index (Phi) is 3.65. The van der Waals surface area contributed by atoms with Crippen molar-refractivity contribution in [1.29, 1.82) is 0 Å². The second-order valence-electron chi connectivity index (χ2n) is 2.63. The Morgan fingerprint density at radius 3 is 2.64 bits per heavy atom. The van der Waals surface area contributed by atoms with Crippen LogP contribution in [0.5, 0.6) is 0 Å². The molecule has 0 aromatic heterocycles. The lowest BCUT2D eigenvalue weighted by Gasteiger charge is -2.06. The van der Waals surface area contributed by atoms with E-state index in [1.165, 1.54) is 13.1 Å². The molecule has 0 unspecified atom stereocenters. The lowest BCUT2D eigenvalue weighted by Crippen LogP contribution is -2.19. The van der Waals surface area contributed by atoms with Crippen LogP contribution in [0.3, 0.4) is 0 Å². The molecule has 14 heavy (non-hydrogen) atoms. The molecule has 0 saturated heterocycles. The van der Waals surface area contributed by atoms with Crippen molar-refractivity contribution < 1.29 is 13.5 Å². The highest BCUT2D eigenvalue weighted by atomic mass is 79.9. The minimum absolute atomic E-state index is 0.131. The van der Waals surface area contributed by atoms with Gasteiger partial charge in [-0.05, 0) is 40.7 Å². The third kappa shape index (κ3) is 2.33. The molecule has 0 radical (unpaired) electrons. The fraction of sp³-hybridized carbons (Fsp3) is 0.250. The minimum atomic E-state index is -3.47. The van der Waals surface area contributed by atoms with E-state index >= 15 is 0 Å². The van der Waals surface area contributed by atoms with E-state index in [0.29, 0.717) is 10.0 Å². The maximum Gasteiger partial charge on any atom is 0.241 e. The lowest BCUT2D eigenvalue weighted by molar-refractivity contribution is 0.281. The van der Waals surface area contributed by atoms with E-state index < -0.39 is 10.0 Å². The van der Waals surface area contributed by atoms with Gasteiger partial charge in [0.2, 0.25) is 10.0 Å². The van der Waals surface area contributed by atoms with Crippen molar-refractivity contribution in [2.24, 2.45) is 0 Å². The first-order chi connectivity index (χ1) is 6.51. The van der Waals surface area contributed by atoms with E-state index in [1.54, 1.807) is 12.1 Å². The number of rotatable bonds is 3. The van der Waals surface area contributed by atoms with Gasteiger partial charge in [-0.3, -0.25) is 0 Å². The van der Waals surface area contributed by atoms with Crippen LogP contribution in [-0.4, -0.2) is 20.6 Å². The summed E-state index contributed by atoms with van der Waals surface area (Å²) in [6.07, 6.45) is 0. The quantitative estimate of drug-likeness (QED) is 0.862. The van der Waals surface area contributed by atoms with Gasteiger partial charge in [0.05, 0.1) is 11.5 Å². The Morgan fingerprint density at radius 2 is 2.14 bits per heavy atom. The summed E-state index contributed by atoms with van der Waals surface area (Å²) in [5.41, 5.74) is 0.557. The monoisotopic (exact) mass is 279 g/mol. The van der Waals surface area contributed by atoms with Crippen molar-refractivity contribution in [2.75, 3.05) is 7.05 Å². The largest absolute Gasteiger partial charge is 0.392 e. The van der Waals surface area contributed by atoms with E-state index in [4.69, 9.17) is 5.11 Å². The van der Waals surface area contributed by atoms with Gasteiger partial charge in [-0.1, -0.05) is 6.07 Å². The molecule has 0 atom stereocenters. The standard InChI is InChI=1S/C8H10BrNO3S/c1-10-14(12,13)8-4-6(5-11)2-3-7(8)9/h2-4,10-11H,5H2,1H3.